The second-order valence-corrected chi connectivity index (χ2v) is 16.8. The van der Waals surface area contributed by atoms with E-state index >= 15 is 0 Å². The minimum atomic E-state index is -0.694. The molecule has 56 heavy (non-hydrogen) atoms. The van der Waals surface area contributed by atoms with Crippen LogP contribution in [-0.2, 0) is 14.3 Å². The highest BCUT2D eigenvalue weighted by Gasteiger charge is 2.20. The maximum atomic E-state index is 12.4. The Balaban J connectivity index is 3.53. The molecule has 0 aliphatic heterocycles. The van der Waals surface area contributed by atoms with Crippen LogP contribution in [0.1, 0.15) is 258 Å². The summed E-state index contributed by atoms with van der Waals surface area (Å²) in [6.45, 7) is 4.85. The summed E-state index contributed by atoms with van der Waals surface area (Å²) >= 11 is 0. The predicted molar refractivity (Wildman–Crippen MR) is 241 cm³/mol. The second kappa shape index (κ2) is 46.0. The summed E-state index contributed by atoms with van der Waals surface area (Å²) in [5.74, 6) is -0.136. The Morgan fingerprint density at radius 3 is 1.30 bits per heavy atom. The molecule has 0 spiro atoms. The third-order valence-electron chi connectivity index (χ3n) is 11.2. The Morgan fingerprint density at radius 1 is 0.482 bits per heavy atom. The molecule has 330 valence electrons. The van der Waals surface area contributed by atoms with Gasteiger partial charge in [0, 0.05) is 12.8 Å². The van der Waals surface area contributed by atoms with E-state index in [0.29, 0.717) is 25.9 Å². The van der Waals surface area contributed by atoms with Crippen molar-refractivity contribution in [2.24, 2.45) is 0 Å². The molecule has 0 rings (SSSR count). The number of hydrogen-bond donors (Lipinski definition) is 3. The average molecular weight is 790 g/mol. The van der Waals surface area contributed by atoms with Crippen molar-refractivity contribution in [2.75, 3.05) is 13.2 Å². The number of carbonyl (C=O) groups excluding carboxylic acids is 2. The lowest BCUT2D eigenvalue weighted by atomic mass is 10.0. The smallest absolute Gasteiger partial charge is 0.305 e. The highest BCUT2D eigenvalue weighted by Crippen LogP contribution is 2.15. The molecule has 0 radical (unpaired) electrons. The van der Waals surface area contributed by atoms with Crippen LogP contribution in [0, 0.1) is 0 Å². The van der Waals surface area contributed by atoms with Gasteiger partial charge in [-0.15, -0.1) is 0 Å². The van der Waals surface area contributed by atoms with Crippen LogP contribution in [0.15, 0.2) is 24.3 Å². The quantitative estimate of drug-likeness (QED) is 0.0324. The molecule has 0 aromatic heterocycles. The number of rotatable bonds is 45. The van der Waals surface area contributed by atoms with Gasteiger partial charge >= 0.3 is 5.97 Å². The van der Waals surface area contributed by atoms with Crippen molar-refractivity contribution in [3.8, 4) is 0 Å². The Bertz CT molecular complexity index is 874. The second-order valence-electron chi connectivity index (χ2n) is 16.8. The van der Waals surface area contributed by atoms with Crippen LogP contribution in [0.3, 0.4) is 0 Å². The maximum Gasteiger partial charge on any atom is 0.305 e. The van der Waals surface area contributed by atoms with E-state index in [-0.39, 0.29) is 18.5 Å². The average Bonchev–Trinajstić information content (AvgIpc) is 3.20. The van der Waals surface area contributed by atoms with Gasteiger partial charge in [-0.2, -0.15) is 0 Å². The molecule has 0 aliphatic carbocycles. The van der Waals surface area contributed by atoms with Crippen molar-refractivity contribution < 1.29 is 24.5 Å². The summed E-state index contributed by atoms with van der Waals surface area (Å²) in [5, 5.41) is 23.1. The third-order valence-corrected chi connectivity index (χ3v) is 11.2. The molecule has 6 nitrogen and oxygen atoms in total. The monoisotopic (exact) mass is 790 g/mol. The molecule has 1 amide bonds. The lowest BCUT2D eigenvalue weighted by molar-refractivity contribution is -0.143. The van der Waals surface area contributed by atoms with Gasteiger partial charge in [0.05, 0.1) is 25.4 Å². The first-order valence-electron chi connectivity index (χ1n) is 24.6. The zero-order valence-corrected chi connectivity index (χ0v) is 37.4. The molecule has 0 aliphatic rings. The highest BCUT2D eigenvalue weighted by molar-refractivity contribution is 5.76. The summed E-state index contributed by atoms with van der Waals surface area (Å²) in [4.78, 5) is 24.4. The number of carbonyl (C=O) groups is 2. The van der Waals surface area contributed by atoms with Crippen molar-refractivity contribution >= 4 is 11.9 Å². The van der Waals surface area contributed by atoms with Gasteiger partial charge in [0.1, 0.15) is 0 Å². The highest BCUT2D eigenvalue weighted by atomic mass is 16.5. The van der Waals surface area contributed by atoms with Crippen molar-refractivity contribution in [1.29, 1.82) is 0 Å². The Labute approximate surface area is 348 Å². The van der Waals surface area contributed by atoms with Gasteiger partial charge in [-0.05, 0) is 70.6 Å². The van der Waals surface area contributed by atoms with Gasteiger partial charge in [0.15, 0.2) is 0 Å². The fourth-order valence-electron chi connectivity index (χ4n) is 7.40. The SMILES string of the molecule is CCCCCCCC/C=C\CCCCCCCCCC(=O)OCCCCCC/C=C\CCCC(=O)NC(CO)C(O)CCCCCCCCCCCCCCC. The summed E-state index contributed by atoms with van der Waals surface area (Å²) in [7, 11) is 0. The standard InChI is InChI=1S/C50H95NO5/c1-3-5-7-9-11-13-15-17-18-19-20-22-24-28-32-36-40-44-50(55)56-45-41-37-33-29-25-27-31-35-39-43-49(54)51-47(46-52)48(53)42-38-34-30-26-23-21-16-14-12-10-8-6-4-2/h17-18,27,31,47-48,52-53H,3-16,19-26,28-30,32-46H2,1-2H3,(H,51,54)/b18-17-,31-27-. The zero-order chi connectivity index (χ0) is 40.8. The number of hydrogen-bond acceptors (Lipinski definition) is 5. The molecule has 0 aromatic rings. The topological polar surface area (TPSA) is 95.9 Å². The maximum absolute atomic E-state index is 12.4. The van der Waals surface area contributed by atoms with Crippen molar-refractivity contribution in [3.05, 3.63) is 24.3 Å². The van der Waals surface area contributed by atoms with E-state index in [0.717, 1.165) is 70.6 Å². The first-order valence-corrected chi connectivity index (χ1v) is 24.6. The van der Waals surface area contributed by atoms with Crippen molar-refractivity contribution in [2.45, 2.75) is 270 Å². The number of amides is 1. The Morgan fingerprint density at radius 2 is 0.857 bits per heavy atom. The van der Waals surface area contributed by atoms with Crippen LogP contribution in [-0.4, -0.2) is 47.4 Å². The number of ether oxygens (including phenoxy) is 1. The van der Waals surface area contributed by atoms with E-state index in [9.17, 15) is 19.8 Å². The first-order chi connectivity index (χ1) is 27.5. The van der Waals surface area contributed by atoms with Gasteiger partial charge in [-0.25, -0.2) is 0 Å². The van der Waals surface area contributed by atoms with Gasteiger partial charge in [0.2, 0.25) is 5.91 Å². The Kier molecular flexibility index (Phi) is 44.7. The van der Waals surface area contributed by atoms with Crippen LogP contribution < -0.4 is 5.32 Å². The number of allylic oxidation sites excluding steroid dienone is 4. The lowest BCUT2D eigenvalue weighted by Crippen LogP contribution is -2.45. The number of esters is 1. The number of aliphatic hydroxyl groups excluding tert-OH is 2. The van der Waals surface area contributed by atoms with Crippen LogP contribution in [0.4, 0.5) is 0 Å². The first kappa shape index (κ1) is 54.3. The molecule has 0 aromatic carbocycles. The minimum absolute atomic E-state index is 0.0394. The molecular weight excluding hydrogens is 695 g/mol. The summed E-state index contributed by atoms with van der Waals surface area (Å²) in [5.41, 5.74) is 0. The number of unbranched alkanes of at least 4 members (excludes halogenated alkanes) is 30. The summed E-state index contributed by atoms with van der Waals surface area (Å²) in [6, 6.07) is -0.578. The van der Waals surface area contributed by atoms with Crippen LogP contribution >= 0.6 is 0 Å². The lowest BCUT2D eigenvalue weighted by Gasteiger charge is -2.22. The largest absolute Gasteiger partial charge is 0.466 e. The van der Waals surface area contributed by atoms with Gasteiger partial charge in [-0.3, -0.25) is 9.59 Å². The molecule has 0 bridgehead atoms. The summed E-state index contributed by atoms with van der Waals surface area (Å²) < 4.78 is 5.44. The van der Waals surface area contributed by atoms with Crippen LogP contribution in [0.25, 0.3) is 0 Å². The van der Waals surface area contributed by atoms with E-state index in [2.05, 4.69) is 43.5 Å². The van der Waals surface area contributed by atoms with Gasteiger partial charge < -0.3 is 20.3 Å². The normalized spacial score (nSPS) is 12.9. The van der Waals surface area contributed by atoms with Gasteiger partial charge in [-0.1, -0.05) is 199 Å². The van der Waals surface area contributed by atoms with Crippen LogP contribution in [0.2, 0.25) is 0 Å². The van der Waals surface area contributed by atoms with Crippen molar-refractivity contribution in [1.82, 2.24) is 5.32 Å². The van der Waals surface area contributed by atoms with E-state index in [1.807, 2.05) is 0 Å². The Hall–Kier alpha value is -1.66. The third kappa shape index (κ3) is 42.0. The minimum Gasteiger partial charge on any atom is -0.466 e. The molecule has 6 heteroatoms. The molecule has 3 N–H and O–H groups in total. The predicted octanol–water partition coefficient (Wildman–Crippen LogP) is 14.3. The fourth-order valence-corrected chi connectivity index (χ4v) is 7.40. The molecule has 2 unspecified atom stereocenters. The molecule has 2 atom stereocenters. The van der Waals surface area contributed by atoms with E-state index in [4.69, 9.17) is 4.74 Å². The zero-order valence-electron chi connectivity index (χ0n) is 37.4. The molecule has 0 saturated carbocycles. The van der Waals surface area contributed by atoms with E-state index in [1.165, 1.54) is 154 Å². The molecule has 0 saturated heterocycles. The van der Waals surface area contributed by atoms with Gasteiger partial charge in [0.25, 0.3) is 0 Å². The number of nitrogens with one attached hydrogen (secondary N) is 1. The van der Waals surface area contributed by atoms with Crippen LogP contribution in [0.5, 0.6) is 0 Å². The molecule has 0 fully saturated rings. The summed E-state index contributed by atoms with van der Waals surface area (Å²) in [6.07, 6.45) is 52.9. The molecular formula is C50H95NO5. The fraction of sp³-hybridized carbons (Fsp3) is 0.880. The van der Waals surface area contributed by atoms with E-state index in [1.54, 1.807) is 0 Å². The van der Waals surface area contributed by atoms with Crippen molar-refractivity contribution in [3.63, 3.8) is 0 Å². The number of aliphatic hydroxyl groups is 2. The van der Waals surface area contributed by atoms with E-state index < -0.39 is 12.1 Å². The molecule has 0 heterocycles.